The van der Waals surface area contributed by atoms with Crippen LogP contribution >= 0.6 is 0 Å². The monoisotopic (exact) mass is 522 g/mol. The van der Waals surface area contributed by atoms with Crippen molar-refractivity contribution in [2.24, 2.45) is 0 Å². The molecule has 0 N–H and O–H groups in total. The Hall–Kier alpha value is -4.46. The van der Waals surface area contributed by atoms with Crippen LogP contribution < -0.4 is 14.2 Å². The zero-order valence-electron chi connectivity index (χ0n) is 20.6. The smallest absolute Gasteiger partial charge is 0.338 e. The van der Waals surface area contributed by atoms with E-state index in [1.165, 1.54) is 30.3 Å². The maximum atomic E-state index is 14.3. The van der Waals surface area contributed by atoms with Crippen molar-refractivity contribution < 1.29 is 36.9 Å². The lowest BCUT2D eigenvalue weighted by atomic mass is 10.1. The number of benzene rings is 4. The number of hydrogen-bond acceptors (Lipinski definition) is 5. The molecule has 0 fully saturated rings. The first-order valence-electron chi connectivity index (χ1n) is 11.9. The van der Waals surface area contributed by atoms with Gasteiger partial charge in [0, 0.05) is 16.7 Å². The van der Waals surface area contributed by atoms with Crippen LogP contribution in [0, 0.1) is 17.5 Å². The van der Waals surface area contributed by atoms with Crippen LogP contribution in [0.25, 0.3) is 0 Å². The average Bonchev–Trinajstić information content (AvgIpc) is 2.92. The molecular formula is C30H25F3O5. The van der Waals surface area contributed by atoms with E-state index in [1.54, 1.807) is 61.5 Å². The van der Waals surface area contributed by atoms with E-state index >= 15 is 0 Å². The molecular weight excluding hydrogens is 497 g/mol. The summed E-state index contributed by atoms with van der Waals surface area (Å²) in [6, 6.07) is 21.0. The first-order valence-corrected chi connectivity index (χ1v) is 11.9. The molecule has 0 unspecified atom stereocenters. The highest BCUT2D eigenvalue weighted by Gasteiger charge is 2.21. The molecule has 0 saturated heterocycles. The largest absolute Gasteiger partial charge is 0.485 e. The number of rotatable bonds is 11. The lowest BCUT2D eigenvalue weighted by Crippen LogP contribution is -2.09. The summed E-state index contributed by atoms with van der Waals surface area (Å²) < 4.78 is 65.6. The Morgan fingerprint density at radius 2 is 1.03 bits per heavy atom. The SMILES string of the molecule is CCOC(=O)c1cc(OCc2ccccc2F)c(OCc2ccccc2F)c(OCc2ccccc2F)c1. The standard InChI is InChI=1S/C30H25F3O5/c1-2-35-30(34)23-15-27(36-17-20-9-3-6-12-24(20)31)29(38-19-22-11-5-8-14-26(22)33)28(16-23)37-18-21-10-4-7-13-25(21)32/h3-16H,2,17-19H2,1H3. The van der Waals surface area contributed by atoms with Gasteiger partial charge in [-0.3, -0.25) is 0 Å². The fourth-order valence-corrected chi connectivity index (χ4v) is 3.57. The van der Waals surface area contributed by atoms with Crippen LogP contribution in [0.2, 0.25) is 0 Å². The predicted octanol–water partition coefficient (Wildman–Crippen LogP) is 7.02. The van der Waals surface area contributed by atoms with Crippen LogP contribution in [0.1, 0.15) is 34.0 Å². The van der Waals surface area contributed by atoms with Gasteiger partial charge in [-0.15, -0.1) is 0 Å². The Kier molecular flexibility index (Phi) is 8.87. The summed E-state index contributed by atoms with van der Waals surface area (Å²) in [6.45, 7) is 1.21. The van der Waals surface area contributed by atoms with Crippen molar-refractivity contribution in [2.75, 3.05) is 6.61 Å². The van der Waals surface area contributed by atoms with Gasteiger partial charge in [-0.1, -0.05) is 54.6 Å². The predicted molar refractivity (Wildman–Crippen MR) is 135 cm³/mol. The molecule has 0 saturated carbocycles. The minimum atomic E-state index is -0.653. The zero-order valence-corrected chi connectivity index (χ0v) is 20.6. The van der Waals surface area contributed by atoms with E-state index in [4.69, 9.17) is 18.9 Å². The third-order valence-electron chi connectivity index (χ3n) is 5.54. The summed E-state index contributed by atoms with van der Waals surface area (Å²) >= 11 is 0. The Labute approximate surface area is 218 Å². The van der Waals surface area contributed by atoms with Gasteiger partial charge in [0.1, 0.15) is 37.3 Å². The molecule has 4 rings (SSSR count). The normalized spacial score (nSPS) is 10.6. The zero-order chi connectivity index (χ0) is 26.9. The molecule has 196 valence electrons. The molecule has 4 aromatic rings. The minimum absolute atomic E-state index is 0.0361. The molecule has 38 heavy (non-hydrogen) atoms. The molecule has 0 bridgehead atoms. The summed E-state index contributed by atoms with van der Waals surface area (Å²) in [7, 11) is 0. The third-order valence-corrected chi connectivity index (χ3v) is 5.54. The Balaban J connectivity index is 1.73. The summed E-state index contributed by atoms with van der Waals surface area (Å²) in [6.07, 6.45) is 0. The first kappa shape index (κ1) is 26.6. The highest BCUT2D eigenvalue weighted by Crippen LogP contribution is 2.41. The maximum absolute atomic E-state index is 14.3. The second kappa shape index (κ2) is 12.7. The van der Waals surface area contributed by atoms with E-state index in [2.05, 4.69) is 0 Å². The van der Waals surface area contributed by atoms with Gasteiger partial charge in [0.25, 0.3) is 0 Å². The lowest BCUT2D eigenvalue weighted by molar-refractivity contribution is 0.0525. The fourth-order valence-electron chi connectivity index (χ4n) is 3.57. The van der Waals surface area contributed by atoms with Crippen molar-refractivity contribution in [3.05, 3.63) is 125 Å². The van der Waals surface area contributed by atoms with Gasteiger partial charge < -0.3 is 18.9 Å². The maximum Gasteiger partial charge on any atom is 0.338 e. The Bertz CT molecular complexity index is 1340. The molecule has 0 aliphatic rings. The molecule has 0 amide bonds. The van der Waals surface area contributed by atoms with E-state index in [0.717, 1.165) is 0 Å². The number of carbonyl (C=O) groups excluding carboxylic acids is 1. The number of esters is 1. The molecule has 0 aliphatic heterocycles. The van der Waals surface area contributed by atoms with Crippen LogP contribution in [0.15, 0.2) is 84.9 Å². The van der Waals surface area contributed by atoms with Crippen LogP contribution in [0.5, 0.6) is 17.2 Å². The first-order chi connectivity index (χ1) is 18.5. The highest BCUT2D eigenvalue weighted by molar-refractivity contribution is 5.91. The van der Waals surface area contributed by atoms with Gasteiger partial charge in [-0.2, -0.15) is 0 Å². The highest BCUT2D eigenvalue weighted by atomic mass is 19.1. The summed E-state index contributed by atoms with van der Waals surface area (Å²) in [4.78, 5) is 12.6. The molecule has 0 aromatic heterocycles. The van der Waals surface area contributed by atoms with Crippen molar-refractivity contribution in [3.63, 3.8) is 0 Å². The van der Waals surface area contributed by atoms with Gasteiger partial charge in [0.15, 0.2) is 11.5 Å². The van der Waals surface area contributed by atoms with E-state index in [1.807, 2.05) is 0 Å². The number of carbonyl (C=O) groups is 1. The van der Waals surface area contributed by atoms with Crippen molar-refractivity contribution in [2.45, 2.75) is 26.7 Å². The van der Waals surface area contributed by atoms with Gasteiger partial charge in [0.2, 0.25) is 5.75 Å². The molecule has 8 heteroatoms. The van der Waals surface area contributed by atoms with Gasteiger partial charge in [-0.05, 0) is 37.3 Å². The topological polar surface area (TPSA) is 54.0 Å². The summed E-state index contributed by atoms with van der Waals surface area (Å²) in [5, 5.41) is 0. The van der Waals surface area contributed by atoms with E-state index in [0.29, 0.717) is 0 Å². The van der Waals surface area contributed by atoms with Crippen molar-refractivity contribution >= 4 is 5.97 Å². The van der Waals surface area contributed by atoms with E-state index < -0.39 is 23.4 Å². The quantitative estimate of drug-likeness (QED) is 0.198. The van der Waals surface area contributed by atoms with Gasteiger partial charge in [-0.25, -0.2) is 18.0 Å². The molecule has 4 aromatic carbocycles. The third kappa shape index (κ3) is 6.64. The molecule has 0 aliphatic carbocycles. The van der Waals surface area contributed by atoms with Crippen molar-refractivity contribution in [1.82, 2.24) is 0 Å². The van der Waals surface area contributed by atoms with Gasteiger partial charge >= 0.3 is 5.97 Å². The second-order valence-electron chi connectivity index (χ2n) is 8.16. The molecule has 0 heterocycles. The minimum Gasteiger partial charge on any atom is -0.485 e. The summed E-state index contributed by atoms with van der Waals surface area (Å²) in [5.74, 6) is -1.96. The Morgan fingerprint density at radius 1 is 0.632 bits per heavy atom. The van der Waals surface area contributed by atoms with E-state index in [-0.39, 0.29) is 65.9 Å². The van der Waals surface area contributed by atoms with Crippen LogP contribution in [0.3, 0.4) is 0 Å². The molecule has 0 atom stereocenters. The fraction of sp³-hybridized carbons (Fsp3) is 0.167. The molecule has 5 nitrogen and oxygen atoms in total. The van der Waals surface area contributed by atoms with Crippen molar-refractivity contribution in [1.29, 1.82) is 0 Å². The van der Waals surface area contributed by atoms with Crippen LogP contribution in [-0.2, 0) is 24.6 Å². The van der Waals surface area contributed by atoms with Gasteiger partial charge in [0.05, 0.1) is 12.2 Å². The number of hydrogen-bond donors (Lipinski definition) is 0. The number of halogens is 3. The summed E-state index contributed by atoms with van der Waals surface area (Å²) in [5.41, 5.74) is 0.880. The molecule has 0 spiro atoms. The number of ether oxygens (including phenoxy) is 4. The second-order valence-corrected chi connectivity index (χ2v) is 8.16. The molecule has 0 radical (unpaired) electrons. The van der Waals surface area contributed by atoms with Crippen LogP contribution in [-0.4, -0.2) is 12.6 Å². The van der Waals surface area contributed by atoms with Crippen molar-refractivity contribution in [3.8, 4) is 17.2 Å². The van der Waals surface area contributed by atoms with E-state index in [9.17, 15) is 18.0 Å². The lowest BCUT2D eigenvalue weighted by Gasteiger charge is -2.19. The average molecular weight is 523 g/mol. The van der Waals surface area contributed by atoms with Crippen LogP contribution in [0.4, 0.5) is 13.2 Å². The Morgan fingerprint density at radius 3 is 1.42 bits per heavy atom.